The van der Waals surface area contributed by atoms with E-state index in [-0.39, 0.29) is 24.1 Å². The van der Waals surface area contributed by atoms with Gasteiger partial charge in [0, 0.05) is 25.3 Å². The van der Waals surface area contributed by atoms with Crippen molar-refractivity contribution in [3.05, 3.63) is 34.4 Å². The summed E-state index contributed by atoms with van der Waals surface area (Å²) >= 11 is 0. The lowest BCUT2D eigenvalue weighted by Crippen LogP contribution is -2.22. The van der Waals surface area contributed by atoms with E-state index >= 15 is 0 Å². The van der Waals surface area contributed by atoms with Crippen molar-refractivity contribution in [1.29, 1.82) is 0 Å². The quantitative estimate of drug-likeness (QED) is 0.0214. The molecule has 1 aromatic rings. The van der Waals surface area contributed by atoms with Gasteiger partial charge >= 0.3 is 6.16 Å². The number of rotatable bonds is 43. The van der Waals surface area contributed by atoms with E-state index in [1.165, 1.54) is 217 Å². The maximum absolute atomic E-state index is 12.1. The zero-order chi connectivity index (χ0) is 40.4. The third-order valence-electron chi connectivity index (χ3n) is 10.9. The molecule has 0 radical (unpaired) electrons. The second kappa shape index (κ2) is 41.0. The van der Waals surface area contributed by atoms with E-state index in [1.807, 2.05) is 0 Å². The summed E-state index contributed by atoms with van der Waals surface area (Å²) in [4.78, 5) is 22.5. The normalized spacial score (nSPS) is 11.9. The number of nitrogens with zero attached hydrogens (tertiary/aromatic N) is 1. The molecule has 0 bridgehead atoms. The lowest BCUT2D eigenvalue weighted by Gasteiger charge is -2.18. The van der Waals surface area contributed by atoms with Crippen LogP contribution < -0.4 is 4.74 Å². The minimum atomic E-state index is -0.816. The molecule has 0 saturated carbocycles. The van der Waals surface area contributed by atoms with Gasteiger partial charge in [-0.3, -0.25) is 10.1 Å². The first kappa shape index (κ1) is 51.8. The van der Waals surface area contributed by atoms with Crippen molar-refractivity contribution in [2.75, 3.05) is 26.4 Å². The van der Waals surface area contributed by atoms with Crippen LogP contribution in [0.4, 0.5) is 10.5 Å². The highest BCUT2D eigenvalue weighted by molar-refractivity contribution is 5.63. The number of unbranched alkanes of at least 4 members (excludes halogenated alkanes) is 30. The average molecular weight is 790 g/mol. The summed E-state index contributed by atoms with van der Waals surface area (Å²) in [6.45, 7) is 6.83. The molecule has 8 nitrogen and oxygen atoms in total. The van der Waals surface area contributed by atoms with E-state index in [2.05, 4.69) is 13.8 Å². The lowest BCUT2D eigenvalue weighted by atomic mass is 10.0. The van der Waals surface area contributed by atoms with Crippen LogP contribution in [0.5, 0.6) is 5.75 Å². The van der Waals surface area contributed by atoms with Crippen molar-refractivity contribution in [2.45, 2.75) is 238 Å². The Morgan fingerprint density at radius 1 is 0.518 bits per heavy atom. The molecule has 0 saturated heterocycles. The van der Waals surface area contributed by atoms with Crippen LogP contribution in [0.15, 0.2) is 24.3 Å². The molecule has 0 aliphatic carbocycles. The fourth-order valence-corrected chi connectivity index (χ4v) is 7.31. The van der Waals surface area contributed by atoms with Crippen LogP contribution >= 0.6 is 0 Å². The molecule has 0 fully saturated rings. The van der Waals surface area contributed by atoms with E-state index in [9.17, 15) is 14.9 Å². The topological polar surface area (TPSA) is 97.1 Å². The van der Waals surface area contributed by atoms with E-state index in [1.54, 1.807) is 0 Å². The molecule has 56 heavy (non-hydrogen) atoms. The first-order valence-corrected chi connectivity index (χ1v) is 23.8. The highest BCUT2D eigenvalue weighted by atomic mass is 16.7. The first-order chi connectivity index (χ1) is 27.6. The Morgan fingerprint density at radius 2 is 0.893 bits per heavy atom. The van der Waals surface area contributed by atoms with Crippen molar-refractivity contribution in [3.63, 3.8) is 0 Å². The number of hydrogen-bond donors (Lipinski definition) is 0. The van der Waals surface area contributed by atoms with Gasteiger partial charge in [-0.1, -0.05) is 206 Å². The largest absolute Gasteiger partial charge is 0.513 e. The third-order valence-corrected chi connectivity index (χ3v) is 10.9. The van der Waals surface area contributed by atoms with E-state index in [4.69, 9.17) is 18.9 Å². The van der Waals surface area contributed by atoms with E-state index in [0.29, 0.717) is 13.0 Å². The molecule has 0 amide bonds. The summed E-state index contributed by atoms with van der Waals surface area (Å²) in [7, 11) is 0. The second-order valence-corrected chi connectivity index (χ2v) is 16.3. The smallest absolute Gasteiger partial charge is 0.434 e. The fourth-order valence-electron chi connectivity index (χ4n) is 7.31. The maximum Gasteiger partial charge on any atom is 0.513 e. The summed E-state index contributed by atoms with van der Waals surface area (Å²) < 4.78 is 22.8. The molecule has 1 unspecified atom stereocenters. The molecule has 0 heterocycles. The van der Waals surface area contributed by atoms with Gasteiger partial charge < -0.3 is 18.9 Å². The Labute approximate surface area is 344 Å². The Hall–Kier alpha value is -2.19. The molecule has 8 heteroatoms. The van der Waals surface area contributed by atoms with Crippen molar-refractivity contribution >= 4 is 11.8 Å². The van der Waals surface area contributed by atoms with Gasteiger partial charge in [0.1, 0.15) is 5.75 Å². The van der Waals surface area contributed by atoms with Crippen molar-refractivity contribution < 1.29 is 28.7 Å². The summed E-state index contributed by atoms with van der Waals surface area (Å²) in [5, 5.41) is 10.8. The minimum Gasteiger partial charge on any atom is -0.434 e. The van der Waals surface area contributed by atoms with Gasteiger partial charge in [-0.05, 0) is 37.8 Å². The molecular weight excluding hydrogens is 703 g/mol. The van der Waals surface area contributed by atoms with Crippen LogP contribution in [0.3, 0.4) is 0 Å². The fraction of sp³-hybridized carbons (Fsp3) is 0.854. The predicted octanol–water partition coefficient (Wildman–Crippen LogP) is 15.8. The van der Waals surface area contributed by atoms with Gasteiger partial charge in [0.05, 0.1) is 24.2 Å². The molecule has 1 atom stereocenters. The van der Waals surface area contributed by atoms with Crippen molar-refractivity contribution in [1.82, 2.24) is 0 Å². The lowest BCUT2D eigenvalue weighted by molar-refractivity contribution is -0.384. The highest BCUT2D eigenvalue weighted by Gasteiger charge is 2.13. The number of hydrogen-bond acceptors (Lipinski definition) is 7. The molecule has 0 N–H and O–H groups in total. The van der Waals surface area contributed by atoms with Crippen LogP contribution in [0.2, 0.25) is 0 Å². The van der Waals surface area contributed by atoms with E-state index < -0.39 is 11.1 Å². The molecule has 326 valence electrons. The zero-order valence-corrected chi connectivity index (χ0v) is 36.6. The summed E-state index contributed by atoms with van der Waals surface area (Å²) in [5.74, 6) is 0.211. The van der Waals surface area contributed by atoms with Crippen LogP contribution in [0, 0.1) is 10.1 Å². The summed E-state index contributed by atoms with van der Waals surface area (Å²) in [6.07, 6.45) is 43.9. The van der Waals surface area contributed by atoms with Gasteiger partial charge in [0.15, 0.2) is 0 Å². The molecular formula is C48H87NO7. The number of carbonyl (C=O) groups excluding carboxylic acids is 1. The number of ether oxygens (including phenoxy) is 4. The standard InChI is InChI=1S/C48H87NO7/c1-3-5-7-9-11-13-15-17-19-21-23-25-27-29-31-33-41-53-44-47(36-35-43-55-48(50)56-46-39-37-45(38-40-46)49(51)52)54-42-34-32-30-28-26-24-22-20-18-16-14-12-10-8-6-4-2/h37-40,47H,3-36,41-44H2,1-2H3. The first-order valence-electron chi connectivity index (χ1n) is 23.8. The van der Waals surface area contributed by atoms with Crippen LogP contribution in [-0.2, 0) is 14.2 Å². The second-order valence-electron chi connectivity index (χ2n) is 16.3. The number of non-ortho nitro benzene ring substituents is 1. The third kappa shape index (κ3) is 35.0. The molecule has 0 spiro atoms. The zero-order valence-electron chi connectivity index (χ0n) is 36.6. The van der Waals surface area contributed by atoms with Crippen molar-refractivity contribution in [3.8, 4) is 5.75 Å². The highest BCUT2D eigenvalue weighted by Crippen LogP contribution is 2.19. The van der Waals surface area contributed by atoms with Gasteiger partial charge in [-0.25, -0.2) is 4.79 Å². The summed E-state index contributed by atoms with van der Waals surface area (Å²) in [6, 6.07) is 5.37. The van der Waals surface area contributed by atoms with Crippen LogP contribution in [0.25, 0.3) is 0 Å². The van der Waals surface area contributed by atoms with Gasteiger partial charge in [0.25, 0.3) is 5.69 Å². The molecule has 1 aromatic carbocycles. The Balaban J connectivity index is 2.17. The number of nitro groups is 1. The molecule has 0 aromatic heterocycles. The Morgan fingerprint density at radius 3 is 1.29 bits per heavy atom. The Bertz CT molecular complexity index is 988. The van der Waals surface area contributed by atoms with Gasteiger partial charge in [0.2, 0.25) is 0 Å². The maximum atomic E-state index is 12.1. The predicted molar refractivity (Wildman–Crippen MR) is 234 cm³/mol. The Kier molecular flexibility index (Phi) is 37.9. The van der Waals surface area contributed by atoms with Crippen molar-refractivity contribution in [2.24, 2.45) is 0 Å². The minimum absolute atomic E-state index is 0.0262. The van der Waals surface area contributed by atoms with E-state index in [0.717, 1.165) is 32.5 Å². The SMILES string of the molecule is CCCCCCCCCCCCCCCCCCOCC(CCCOC(=O)Oc1ccc([N+](=O)[O-])cc1)OCCCCCCCCCCCCCCCCCC. The monoisotopic (exact) mass is 790 g/mol. The molecule has 0 aliphatic rings. The molecule has 0 aliphatic heterocycles. The number of carbonyl (C=O) groups is 1. The van der Waals surface area contributed by atoms with Gasteiger partial charge in [-0.15, -0.1) is 0 Å². The number of benzene rings is 1. The molecule has 1 rings (SSSR count). The van der Waals surface area contributed by atoms with Crippen LogP contribution in [-0.4, -0.2) is 43.6 Å². The summed E-state index contributed by atoms with van der Waals surface area (Å²) in [5.41, 5.74) is -0.0617. The average Bonchev–Trinajstić information content (AvgIpc) is 3.20. The van der Waals surface area contributed by atoms with Crippen LogP contribution in [0.1, 0.15) is 232 Å². The van der Waals surface area contributed by atoms with Gasteiger partial charge in [-0.2, -0.15) is 0 Å². The number of nitro benzene ring substituents is 1.